The van der Waals surface area contributed by atoms with Gasteiger partial charge in [-0.2, -0.15) is 0 Å². The number of aliphatic hydroxyl groups excluding tert-OH is 1. The summed E-state index contributed by atoms with van der Waals surface area (Å²) in [6.07, 6.45) is -0.602. The molecule has 3 nitrogen and oxygen atoms in total. The largest absolute Gasteiger partial charge is 0.488 e. The van der Waals surface area contributed by atoms with Gasteiger partial charge in [0.2, 0.25) is 0 Å². The van der Waals surface area contributed by atoms with Crippen molar-refractivity contribution in [2.75, 3.05) is 26.2 Å². The van der Waals surface area contributed by atoms with E-state index in [1.54, 1.807) is 18.2 Å². The molecule has 4 heteroatoms. The Kier molecular flexibility index (Phi) is 5.94. The number of hydrogen-bond acceptors (Lipinski definition) is 3. The van der Waals surface area contributed by atoms with Crippen LogP contribution in [0.1, 0.15) is 13.8 Å². The van der Waals surface area contributed by atoms with E-state index in [4.69, 9.17) is 4.74 Å². The fraction of sp³-hybridized carbons (Fsp3) is 0.538. The molecule has 1 N–H and O–H groups in total. The molecular weight excluding hydrogens is 221 g/mol. The fourth-order valence-corrected chi connectivity index (χ4v) is 1.58. The molecule has 0 radical (unpaired) electrons. The van der Waals surface area contributed by atoms with Crippen molar-refractivity contribution < 1.29 is 14.2 Å². The van der Waals surface area contributed by atoms with Crippen molar-refractivity contribution in [2.45, 2.75) is 20.0 Å². The molecule has 1 atom stereocenters. The van der Waals surface area contributed by atoms with Crippen LogP contribution in [0.2, 0.25) is 0 Å². The lowest BCUT2D eigenvalue weighted by Gasteiger charge is -2.21. The van der Waals surface area contributed by atoms with E-state index in [1.807, 2.05) is 13.8 Å². The van der Waals surface area contributed by atoms with Gasteiger partial charge in [0.05, 0.1) is 0 Å². The molecule has 0 spiro atoms. The monoisotopic (exact) mass is 241 g/mol. The van der Waals surface area contributed by atoms with E-state index < -0.39 is 11.9 Å². The lowest BCUT2D eigenvalue weighted by Crippen LogP contribution is -2.35. The number of aliphatic hydroxyl groups is 1. The minimum Gasteiger partial charge on any atom is -0.488 e. The molecule has 0 aliphatic rings. The topological polar surface area (TPSA) is 32.7 Å². The first-order chi connectivity index (χ1) is 8.17. The van der Waals surface area contributed by atoms with Crippen molar-refractivity contribution >= 4 is 0 Å². The number of benzene rings is 1. The van der Waals surface area contributed by atoms with Gasteiger partial charge in [-0.1, -0.05) is 26.0 Å². The van der Waals surface area contributed by atoms with Crippen molar-refractivity contribution in [2.24, 2.45) is 0 Å². The highest BCUT2D eigenvalue weighted by Crippen LogP contribution is 2.15. The summed E-state index contributed by atoms with van der Waals surface area (Å²) in [7, 11) is 0. The summed E-state index contributed by atoms with van der Waals surface area (Å²) < 4.78 is 18.5. The predicted octanol–water partition coefficient (Wildman–Crippen LogP) is 1.91. The first-order valence-corrected chi connectivity index (χ1v) is 5.95. The standard InChI is InChI=1S/C13H20FNO2/c1-3-15(4-2)9-11(16)10-17-13-8-6-5-7-12(13)14/h5-8,11,16H,3-4,9-10H2,1-2H3/t11-/m0/s1. The van der Waals surface area contributed by atoms with Crippen molar-refractivity contribution in [3.05, 3.63) is 30.1 Å². The molecule has 1 aromatic rings. The highest BCUT2D eigenvalue weighted by atomic mass is 19.1. The highest BCUT2D eigenvalue weighted by molar-refractivity contribution is 5.23. The van der Waals surface area contributed by atoms with Crippen LogP contribution < -0.4 is 4.74 Å². The van der Waals surface area contributed by atoms with E-state index in [0.29, 0.717) is 6.54 Å². The average molecular weight is 241 g/mol. The Bertz CT molecular complexity index is 329. The van der Waals surface area contributed by atoms with Crippen LogP contribution in [0.25, 0.3) is 0 Å². The van der Waals surface area contributed by atoms with Crippen LogP contribution in [0.15, 0.2) is 24.3 Å². The number of nitrogens with zero attached hydrogens (tertiary/aromatic N) is 1. The number of para-hydroxylation sites is 1. The van der Waals surface area contributed by atoms with E-state index in [1.165, 1.54) is 6.07 Å². The van der Waals surface area contributed by atoms with Crippen LogP contribution in [-0.2, 0) is 0 Å². The summed E-state index contributed by atoms with van der Waals surface area (Å²) in [5, 5.41) is 9.74. The van der Waals surface area contributed by atoms with Gasteiger partial charge >= 0.3 is 0 Å². The Hall–Kier alpha value is -1.13. The molecule has 0 fully saturated rings. The third-order valence-corrected chi connectivity index (χ3v) is 2.63. The molecule has 1 aromatic carbocycles. The molecule has 0 aromatic heterocycles. The number of rotatable bonds is 7. The van der Waals surface area contributed by atoms with Crippen LogP contribution in [-0.4, -0.2) is 42.4 Å². The van der Waals surface area contributed by atoms with E-state index in [2.05, 4.69) is 4.90 Å². The van der Waals surface area contributed by atoms with Crippen LogP contribution >= 0.6 is 0 Å². The van der Waals surface area contributed by atoms with Crippen LogP contribution in [0.3, 0.4) is 0 Å². The third-order valence-electron chi connectivity index (χ3n) is 2.63. The second-order valence-corrected chi connectivity index (χ2v) is 3.88. The van der Waals surface area contributed by atoms with Gasteiger partial charge in [-0.05, 0) is 25.2 Å². The third kappa shape index (κ3) is 4.71. The first-order valence-electron chi connectivity index (χ1n) is 5.95. The highest BCUT2D eigenvalue weighted by Gasteiger charge is 2.10. The zero-order valence-corrected chi connectivity index (χ0v) is 10.4. The van der Waals surface area contributed by atoms with E-state index >= 15 is 0 Å². The minimum absolute atomic E-state index is 0.109. The van der Waals surface area contributed by atoms with Gasteiger partial charge in [-0.15, -0.1) is 0 Å². The summed E-state index contributed by atoms with van der Waals surface area (Å²) in [6.45, 7) is 6.49. The maximum Gasteiger partial charge on any atom is 0.165 e. The summed E-state index contributed by atoms with van der Waals surface area (Å²) in [5.74, 6) is -0.214. The molecule has 0 bridgehead atoms. The van der Waals surface area contributed by atoms with Gasteiger partial charge in [0, 0.05) is 6.54 Å². The predicted molar refractivity (Wildman–Crippen MR) is 65.7 cm³/mol. The van der Waals surface area contributed by atoms with Crippen molar-refractivity contribution in [1.29, 1.82) is 0 Å². The Morgan fingerprint density at radius 3 is 2.53 bits per heavy atom. The second-order valence-electron chi connectivity index (χ2n) is 3.88. The summed E-state index contributed by atoms with van der Waals surface area (Å²) in [4.78, 5) is 2.09. The molecule has 0 saturated carbocycles. The lowest BCUT2D eigenvalue weighted by molar-refractivity contribution is 0.0701. The first kappa shape index (κ1) is 13.9. The molecule has 0 unspecified atom stereocenters. The number of halogens is 1. The van der Waals surface area contributed by atoms with Crippen LogP contribution in [0, 0.1) is 5.82 Å². The molecular formula is C13H20FNO2. The second kappa shape index (κ2) is 7.25. The van der Waals surface area contributed by atoms with Gasteiger partial charge in [-0.25, -0.2) is 4.39 Å². The minimum atomic E-state index is -0.602. The number of ether oxygens (including phenoxy) is 1. The molecule has 17 heavy (non-hydrogen) atoms. The van der Waals surface area contributed by atoms with Gasteiger partial charge in [-0.3, -0.25) is 0 Å². The molecule has 0 aliphatic carbocycles. The van der Waals surface area contributed by atoms with Crippen LogP contribution in [0.5, 0.6) is 5.75 Å². The normalized spacial score (nSPS) is 12.8. The Morgan fingerprint density at radius 1 is 1.29 bits per heavy atom. The zero-order chi connectivity index (χ0) is 12.7. The van der Waals surface area contributed by atoms with Crippen molar-refractivity contribution in [3.63, 3.8) is 0 Å². The SMILES string of the molecule is CCN(CC)C[C@H](O)COc1ccccc1F. The number of hydrogen-bond donors (Lipinski definition) is 1. The molecule has 0 aliphatic heterocycles. The Balaban J connectivity index is 2.38. The average Bonchev–Trinajstić information content (AvgIpc) is 2.35. The maximum atomic E-state index is 13.2. The van der Waals surface area contributed by atoms with Crippen molar-refractivity contribution in [3.8, 4) is 5.75 Å². The molecule has 96 valence electrons. The Morgan fingerprint density at radius 2 is 1.94 bits per heavy atom. The van der Waals surface area contributed by atoms with E-state index in [9.17, 15) is 9.50 Å². The summed E-state index contributed by atoms with van der Waals surface area (Å²) >= 11 is 0. The Labute approximate surface area is 102 Å². The molecule has 0 heterocycles. The quantitative estimate of drug-likeness (QED) is 0.791. The van der Waals surface area contributed by atoms with Gasteiger partial charge < -0.3 is 14.7 Å². The molecule has 0 saturated heterocycles. The van der Waals surface area contributed by atoms with Gasteiger partial charge in [0.1, 0.15) is 12.7 Å². The van der Waals surface area contributed by atoms with Crippen LogP contribution in [0.4, 0.5) is 4.39 Å². The summed E-state index contributed by atoms with van der Waals surface area (Å²) in [5.41, 5.74) is 0. The van der Waals surface area contributed by atoms with E-state index in [-0.39, 0.29) is 12.4 Å². The smallest absolute Gasteiger partial charge is 0.165 e. The van der Waals surface area contributed by atoms with Gasteiger partial charge in [0.15, 0.2) is 11.6 Å². The fourth-order valence-electron chi connectivity index (χ4n) is 1.58. The molecule has 1 rings (SSSR count). The van der Waals surface area contributed by atoms with E-state index in [0.717, 1.165) is 13.1 Å². The van der Waals surface area contributed by atoms with Crippen molar-refractivity contribution in [1.82, 2.24) is 4.90 Å². The maximum absolute atomic E-state index is 13.2. The lowest BCUT2D eigenvalue weighted by atomic mass is 10.3. The molecule has 0 amide bonds. The zero-order valence-electron chi connectivity index (χ0n) is 10.4. The summed E-state index contributed by atoms with van der Waals surface area (Å²) in [6, 6.07) is 6.20. The number of likely N-dealkylation sites (N-methyl/N-ethyl adjacent to an activating group) is 1. The van der Waals surface area contributed by atoms with Gasteiger partial charge in [0.25, 0.3) is 0 Å².